The summed E-state index contributed by atoms with van der Waals surface area (Å²) in [5, 5.41) is 13.3. The van der Waals surface area contributed by atoms with E-state index in [-0.39, 0.29) is 23.7 Å². The van der Waals surface area contributed by atoms with Crippen LogP contribution in [0, 0.1) is 6.92 Å². The number of anilines is 1. The summed E-state index contributed by atoms with van der Waals surface area (Å²) in [6.07, 6.45) is 1.66. The Labute approximate surface area is 172 Å². The number of carboxylic acids is 1. The highest BCUT2D eigenvalue weighted by molar-refractivity contribution is 7.15. The number of nitrogens with zero attached hydrogens (tertiary/aromatic N) is 3. The van der Waals surface area contributed by atoms with Crippen LogP contribution >= 0.6 is 22.9 Å². The monoisotopic (exact) mass is 426 g/mol. The van der Waals surface area contributed by atoms with E-state index in [1.807, 2.05) is 11.8 Å². The van der Waals surface area contributed by atoms with Crippen molar-refractivity contribution in [2.24, 2.45) is 4.99 Å². The zero-order valence-electron chi connectivity index (χ0n) is 16.0. The molecule has 0 unspecified atom stereocenters. The normalized spacial score (nSPS) is 22.4. The number of aromatic carboxylic acids is 1. The van der Waals surface area contributed by atoms with Gasteiger partial charge in [0.15, 0.2) is 10.8 Å². The molecule has 1 saturated heterocycles. The van der Waals surface area contributed by atoms with Gasteiger partial charge >= 0.3 is 5.97 Å². The highest BCUT2D eigenvalue weighted by Gasteiger charge is 2.33. The van der Waals surface area contributed by atoms with Crippen molar-refractivity contribution in [2.75, 3.05) is 25.1 Å². The Kier molecular flexibility index (Phi) is 6.36. The van der Waals surface area contributed by atoms with Gasteiger partial charge in [0.1, 0.15) is 10.9 Å². The van der Waals surface area contributed by atoms with Gasteiger partial charge in [0.05, 0.1) is 12.1 Å². The van der Waals surface area contributed by atoms with Crippen LogP contribution in [0.25, 0.3) is 0 Å². The van der Waals surface area contributed by atoms with E-state index in [0.29, 0.717) is 46.8 Å². The zero-order valence-corrected chi connectivity index (χ0v) is 17.6. The van der Waals surface area contributed by atoms with Gasteiger partial charge in [-0.15, -0.1) is 11.3 Å². The molecule has 1 fully saturated rings. The minimum absolute atomic E-state index is 0.0831. The van der Waals surface area contributed by atoms with Gasteiger partial charge in [0.25, 0.3) is 5.91 Å². The number of halogens is 1. The molecular weight excluding hydrogens is 404 g/mol. The van der Waals surface area contributed by atoms with Crippen LogP contribution in [0.4, 0.5) is 5.13 Å². The van der Waals surface area contributed by atoms with Gasteiger partial charge in [-0.05, 0) is 25.3 Å². The summed E-state index contributed by atoms with van der Waals surface area (Å²) in [6, 6.07) is -0.166. The third-order valence-corrected chi connectivity index (χ3v) is 6.41. The second kappa shape index (κ2) is 8.59. The van der Waals surface area contributed by atoms with Gasteiger partial charge in [0, 0.05) is 31.5 Å². The molecule has 0 radical (unpaired) electrons. The molecule has 2 N–H and O–H groups in total. The van der Waals surface area contributed by atoms with Crippen LogP contribution in [0.1, 0.15) is 41.6 Å². The zero-order chi connectivity index (χ0) is 20.4. The molecule has 0 bridgehead atoms. The average molecular weight is 427 g/mol. The van der Waals surface area contributed by atoms with Gasteiger partial charge in [0.2, 0.25) is 0 Å². The van der Waals surface area contributed by atoms with Crippen molar-refractivity contribution in [3.8, 4) is 0 Å². The van der Waals surface area contributed by atoms with E-state index in [9.17, 15) is 14.7 Å². The molecule has 3 heterocycles. The van der Waals surface area contributed by atoms with Crippen molar-refractivity contribution < 1.29 is 19.4 Å². The maximum Gasteiger partial charge on any atom is 0.355 e. The van der Waals surface area contributed by atoms with Crippen LogP contribution in [0.5, 0.6) is 0 Å². The molecule has 0 aliphatic carbocycles. The number of hydrogen-bond donors (Lipinski definition) is 2. The summed E-state index contributed by atoms with van der Waals surface area (Å²) in [5.74, 6) is -1.25. The second-order valence-electron chi connectivity index (χ2n) is 6.78. The first-order chi connectivity index (χ1) is 13.3. The Bertz CT molecular complexity index is 851. The quantitative estimate of drug-likeness (QED) is 0.677. The van der Waals surface area contributed by atoms with Gasteiger partial charge in [-0.2, -0.15) is 0 Å². The SMILES string of the molecule is CCC1=C(Cl)N=C(C(=O)N[C@@H]2CCN(c3nc(C(=O)O)c(C)s3)C[C@@H]2OC)C1. The Morgan fingerprint density at radius 1 is 1.46 bits per heavy atom. The largest absolute Gasteiger partial charge is 0.476 e. The number of hydrogen-bond acceptors (Lipinski definition) is 7. The van der Waals surface area contributed by atoms with Crippen molar-refractivity contribution >= 4 is 45.7 Å². The molecular formula is C18H23ClN4O4S. The molecule has 2 atom stereocenters. The van der Waals surface area contributed by atoms with Gasteiger partial charge in [-0.25, -0.2) is 14.8 Å². The van der Waals surface area contributed by atoms with E-state index in [0.717, 1.165) is 12.0 Å². The third-order valence-electron chi connectivity index (χ3n) is 5.03. The lowest BCUT2D eigenvalue weighted by molar-refractivity contribution is -0.116. The number of ether oxygens (including phenoxy) is 1. The molecule has 152 valence electrons. The molecule has 2 aliphatic rings. The smallest absolute Gasteiger partial charge is 0.355 e. The topological polar surface area (TPSA) is 104 Å². The maximum atomic E-state index is 12.6. The van der Waals surface area contributed by atoms with Crippen molar-refractivity contribution in [3.63, 3.8) is 0 Å². The summed E-state index contributed by atoms with van der Waals surface area (Å²) < 4.78 is 5.59. The predicted molar refractivity (Wildman–Crippen MR) is 109 cm³/mol. The van der Waals surface area contributed by atoms with E-state index in [4.69, 9.17) is 16.3 Å². The van der Waals surface area contributed by atoms with Crippen LogP contribution in [-0.4, -0.2) is 60.0 Å². The third kappa shape index (κ3) is 4.21. The van der Waals surface area contributed by atoms with Crippen molar-refractivity contribution in [2.45, 2.75) is 45.3 Å². The van der Waals surface area contributed by atoms with E-state index in [1.165, 1.54) is 11.3 Å². The Morgan fingerprint density at radius 2 is 2.21 bits per heavy atom. The van der Waals surface area contributed by atoms with Crippen molar-refractivity contribution in [1.82, 2.24) is 10.3 Å². The average Bonchev–Trinajstić information content (AvgIpc) is 3.24. The molecule has 28 heavy (non-hydrogen) atoms. The summed E-state index contributed by atoms with van der Waals surface area (Å²) in [6.45, 7) is 4.89. The molecule has 1 aromatic heterocycles. The van der Waals surface area contributed by atoms with E-state index < -0.39 is 5.97 Å². The summed E-state index contributed by atoms with van der Waals surface area (Å²) in [5.41, 5.74) is 1.49. The number of piperidine rings is 1. The Hall–Kier alpha value is -1.97. The maximum absolute atomic E-state index is 12.6. The number of carboxylic acid groups (broad SMARTS) is 1. The fourth-order valence-electron chi connectivity index (χ4n) is 3.38. The molecule has 8 nitrogen and oxygen atoms in total. The fourth-order valence-corrected chi connectivity index (χ4v) is 4.61. The molecule has 2 aliphatic heterocycles. The lowest BCUT2D eigenvalue weighted by Gasteiger charge is -2.37. The number of carbonyl (C=O) groups excluding carboxylic acids is 1. The van der Waals surface area contributed by atoms with Gasteiger partial charge < -0.3 is 20.1 Å². The highest BCUT2D eigenvalue weighted by atomic mass is 35.5. The molecule has 0 saturated carbocycles. The first-order valence-electron chi connectivity index (χ1n) is 9.08. The van der Waals surface area contributed by atoms with Crippen LogP contribution in [-0.2, 0) is 9.53 Å². The number of allylic oxidation sites excluding steroid dienone is 1. The first-order valence-corrected chi connectivity index (χ1v) is 10.3. The predicted octanol–water partition coefficient (Wildman–Crippen LogP) is 2.56. The number of aromatic nitrogens is 1. The minimum atomic E-state index is -1.03. The van der Waals surface area contributed by atoms with Crippen LogP contribution < -0.4 is 10.2 Å². The number of thiazole rings is 1. The lowest BCUT2D eigenvalue weighted by atomic mass is 10.0. The van der Waals surface area contributed by atoms with Crippen LogP contribution in [0.2, 0.25) is 0 Å². The van der Waals surface area contributed by atoms with E-state index in [1.54, 1.807) is 14.0 Å². The fraction of sp³-hybridized carbons (Fsp3) is 0.556. The van der Waals surface area contributed by atoms with E-state index >= 15 is 0 Å². The second-order valence-corrected chi connectivity index (χ2v) is 8.32. The number of methoxy groups -OCH3 is 1. The molecule has 1 aromatic rings. The summed E-state index contributed by atoms with van der Waals surface area (Å²) >= 11 is 7.42. The first kappa shape index (κ1) is 20.8. The standard InChI is InChI=1S/C18H23ClN4O4S/c1-4-10-7-12(20-15(10)19)16(24)21-11-5-6-23(8-13(11)27-3)18-22-14(17(25)26)9(2)28-18/h11,13H,4-8H2,1-3H3,(H,21,24)(H,25,26)/t11-,13+/m1/s1. The number of nitrogens with one attached hydrogen (secondary N) is 1. The van der Waals surface area contributed by atoms with Crippen molar-refractivity contribution in [3.05, 3.63) is 21.3 Å². The number of carbonyl (C=O) groups is 2. The number of aliphatic imine (C=N–C) groups is 1. The number of amides is 1. The summed E-state index contributed by atoms with van der Waals surface area (Å²) in [4.78, 5) is 34.9. The lowest BCUT2D eigenvalue weighted by Crippen LogP contribution is -2.55. The summed E-state index contributed by atoms with van der Waals surface area (Å²) in [7, 11) is 1.60. The van der Waals surface area contributed by atoms with Gasteiger partial charge in [-0.1, -0.05) is 18.5 Å². The van der Waals surface area contributed by atoms with Crippen LogP contribution in [0.15, 0.2) is 15.7 Å². The highest BCUT2D eigenvalue weighted by Crippen LogP contribution is 2.29. The molecule has 1 amide bonds. The molecule has 10 heteroatoms. The van der Waals surface area contributed by atoms with Gasteiger partial charge in [-0.3, -0.25) is 4.79 Å². The van der Waals surface area contributed by atoms with E-state index in [2.05, 4.69) is 15.3 Å². The van der Waals surface area contributed by atoms with Crippen LogP contribution in [0.3, 0.4) is 0 Å². The van der Waals surface area contributed by atoms with Crippen molar-refractivity contribution in [1.29, 1.82) is 0 Å². The minimum Gasteiger partial charge on any atom is -0.476 e. The number of rotatable bonds is 6. The Morgan fingerprint density at radius 3 is 2.79 bits per heavy atom. The molecule has 0 aromatic carbocycles. The molecule has 3 rings (SSSR count). The number of aryl methyl sites for hydroxylation is 1. The molecule has 0 spiro atoms. The Balaban J connectivity index is 1.64.